The van der Waals surface area contributed by atoms with Gasteiger partial charge in [0.25, 0.3) is 0 Å². The van der Waals surface area contributed by atoms with E-state index in [-0.39, 0.29) is 11.7 Å². The number of hydrogen-bond donors (Lipinski definition) is 0. The summed E-state index contributed by atoms with van der Waals surface area (Å²) in [6.07, 6.45) is 2.39. The Morgan fingerprint density at radius 1 is 1.19 bits per heavy atom. The van der Waals surface area contributed by atoms with Gasteiger partial charge in [0.1, 0.15) is 0 Å². The predicted octanol–water partition coefficient (Wildman–Crippen LogP) is 2.92. The monoisotopic (exact) mass is 238 g/mol. The van der Waals surface area contributed by atoms with Crippen molar-refractivity contribution in [2.24, 2.45) is 0 Å². The second-order valence-electron chi connectivity index (χ2n) is 5.54. The van der Waals surface area contributed by atoms with Gasteiger partial charge in [-0.2, -0.15) is 0 Å². The van der Waals surface area contributed by atoms with Crippen LogP contribution in [0.3, 0.4) is 0 Å². The molecule has 0 saturated carbocycles. The summed E-state index contributed by atoms with van der Waals surface area (Å²) in [5, 5.41) is 1.30. The number of benzene rings is 1. The van der Waals surface area contributed by atoms with Crippen molar-refractivity contribution in [2.75, 3.05) is 12.3 Å². The first-order valence-corrected chi connectivity index (χ1v) is 8.38. The Labute approximate surface area is 97.0 Å². The van der Waals surface area contributed by atoms with Crippen LogP contribution in [0.15, 0.2) is 30.3 Å². The molecule has 0 aromatic heterocycles. The molecule has 3 heteroatoms. The van der Waals surface area contributed by atoms with Gasteiger partial charge in [-0.3, -0.25) is 0 Å². The van der Waals surface area contributed by atoms with Gasteiger partial charge in [0.15, 0.2) is 0 Å². The summed E-state index contributed by atoms with van der Waals surface area (Å²) in [5.74, 6) is 0. The zero-order valence-electron chi connectivity index (χ0n) is 10.1. The molecule has 0 bridgehead atoms. The van der Waals surface area contributed by atoms with Gasteiger partial charge in [0.2, 0.25) is 0 Å². The van der Waals surface area contributed by atoms with Crippen LogP contribution < -0.4 is 5.30 Å². The van der Waals surface area contributed by atoms with Crippen LogP contribution in [-0.4, -0.2) is 24.0 Å². The second-order valence-corrected chi connectivity index (χ2v) is 9.97. The molecule has 0 N–H and O–H groups in total. The van der Waals surface area contributed by atoms with E-state index in [4.69, 9.17) is 9.05 Å². The maximum absolute atomic E-state index is 6.44. The zero-order chi connectivity index (χ0) is 11.5. The fourth-order valence-corrected chi connectivity index (χ4v) is 7.90. The van der Waals surface area contributed by atoms with E-state index in [0.29, 0.717) is 0 Å². The van der Waals surface area contributed by atoms with Crippen LogP contribution in [0.4, 0.5) is 0 Å². The third-order valence-corrected chi connectivity index (χ3v) is 8.75. The normalized spacial score (nSPS) is 35.4. The van der Waals surface area contributed by atoms with Gasteiger partial charge in [-0.1, -0.05) is 0 Å². The first kappa shape index (κ1) is 10.7. The molecule has 0 amide bonds. The van der Waals surface area contributed by atoms with E-state index < -0.39 is 7.06 Å². The van der Waals surface area contributed by atoms with E-state index in [1.54, 1.807) is 0 Å². The third-order valence-electron chi connectivity index (χ3n) is 3.97. The molecule has 1 aromatic carbocycles. The Balaban J connectivity index is 2.07. The van der Waals surface area contributed by atoms with Crippen molar-refractivity contribution in [3.8, 4) is 0 Å². The Kier molecular flexibility index (Phi) is 1.92. The molecule has 2 nitrogen and oxygen atoms in total. The van der Waals surface area contributed by atoms with Crippen molar-refractivity contribution < 1.29 is 9.05 Å². The summed E-state index contributed by atoms with van der Waals surface area (Å²) in [7, 11) is -2.39. The van der Waals surface area contributed by atoms with E-state index in [2.05, 4.69) is 45.0 Å². The van der Waals surface area contributed by atoms with Gasteiger partial charge in [0.05, 0.1) is 0 Å². The summed E-state index contributed by atoms with van der Waals surface area (Å²) in [6, 6.07) is 10.5. The van der Waals surface area contributed by atoms with Gasteiger partial charge < -0.3 is 0 Å². The van der Waals surface area contributed by atoms with E-state index in [9.17, 15) is 0 Å². The average Bonchev–Trinajstić information content (AvgIpc) is 2.90. The second kappa shape index (κ2) is 2.87. The molecule has 1 spiro atoms. The Morgan fingerprint density at radius 3 is 2.25 bits per heavy atom. The molecule has 0 radical (unpaired) electrons. The van der Waals surface area contributed by atoms with Crippen molar-refractivity contribution in [1.29, 1.82) is 0 Å². The van der Waals surface area contributed by atoms with Crippen molar-refractivity contribution in [3.05, 3.63) is 30.3 Å². The predicted molar refractivity (Wildman–Crippen MR) is 68.4 cm³/mol. The summed E-state index contributed by atoms with van der Waals surface area (Å²) < 4.78 is 12.8. The fraction of sp³-hybridized carbons (Fsp3) is 0.538. The SMILES string of the molecule is CC1OP2(c3ccccc3)(CC2)OC1(C)C. The van der Waals surface area contributed by atoms with Crippen molar-refractivity contribution in [1.82, 2.24) is 0 Å². The summed E-state index contributed by atoms with van der Waals surface area (Å²) in [4.78, 5) is 0. The van der Waals surface area contributed by atoms with Crippen LogP contribution in [-0.2, 0) is 9.05 Å². The molecule has 1 atom stereocenters. The molecular weight excluding hydrogens is 219 g/mol. The molecular formula is C13H19O2P. The van der Waals surface area contributed by atoms with Gasteiger partial charge in [0, 0.05) is 0 Å². The molecule has 2 saturated heterocycles. The van der Waals surface area contributed by atoms with Crippen LogP contribution in [0.25, 0.3) is 0 Å². The van der Waals surface area contributed by atoms with Crippen LogP contribution in [0.2, 0.25) is 0 Å². The fourth-order valence-electron chi connectivity index (χ4n) is 2.60. The van der Waals surface area contributed by atoms with Gasteiger partial charge in [-0.25, -0.2) is 0 Å². The Hall–Kier alpha value is -0.430. The van der Waals surface area contributed by atoms with Crippen molar-refractivity contribution in [3.63, 3.8) is 0 Å². The number of hydrogen-bond acceptors (Lipinski definition) is 2. The van der Waals surface area contributed by atoms with Crippen LogP contribution in [0, 0.1) is 0 Å². The molecule has 1 aromatic rings. The summed E-state index contributed by atoms with van der Waals surface area (Å²) in [5.41, 5.74) is -0.149. The molecule has 2 heterocycles. The average molecular weight is 238 g/mol. The van der Waals surface area contributed by atoms with Gasteiger partial charge in [-0.05, 0) is 0 Å². The first-order chi connectivity index (χ1) is 7.47. The van der Waals surface area contributed by atoms with Crippen LogP contribution in [0.5, 0.6) is 0 Å². The molecule has 16 heavy (non-hydrogen) atoms. The molecule has 2 fully saturated rings. The zero-order valence-corrected chi connectivity index (χ0v) is 11.0. The van der Waals surface area contributed by atoms with Gasteiger partial charge >= 0.3 is 96.5 Å². The Bertz CT molecular complexity index is 423. The van der Waals surface area contributed by atoms with E-state index in [1.165, 1.54) is 5.30 Å². The minimum atomic E-state index is -2.39. The molecule has 88 valence electrons. The molecule has 2 aliphatic heterocycles. The molecule has 1 unspecified atom stereocenters. The van der Waals surface area contributed by atoms with E-state index >= 15 is 0 Å². The van der Waals surface area contributed by atoms with Gasteiger partial charge in [-0.15, -0.1) is 0 Å². The third kappa shape index (κ3) is 1.24. The minimum absolute atomic E-state index is 0.149. The Morgan fingerprint density at radius 2 is 1.81 bits per heavy atom. The van der Waals surface area contributed by atoms with E-state index in [1.807, 2.05) is 6.07 Å². The van der Waals surface area contributed by atoms with Crippen molar-refractivity contribution >= 4 is 12.4 Å². The topological polar surface area (TPSA) is 18.5 Å². The maximum atomic E-state index is 6.44. The molecule has 0 aliphatic carbocycles. The van der Waals surface area contributed by atoms with Crippen LogP contribution >= 0.6 is 7.06 Å². The summed E-state index contributed by atoms with van der Waals surface area (Å²) >= 11 is 0. The summed E-state index contributed by atoms with van der Waals surface area (Å²) in [6.45, 7) is 6.41. The molecule has 3 rings (SSSR count). The quantitative estimate of drug-likeness (QED) is 0.700. The number of rotatable bonds is 1. The first-order valence-electron chi connectivity index (χ1n) is 5.94. The molecule has 2 aliphatic rings. The van der Waals surface area contributed by atoms with Crippen LogP contribution in [0.1, 0.15) is 20.8 Å². The van der Waals surface area contributed by atoms with E-state index in [0.717, 1.165) is 12.3 Å². The standard InChI is InChI=1S/C13H19O2P/c1-11-13(2,3)15-16(14-11,9-10-16)12-7-5-4-6-8-12/h4-8,11H,9-10H2,1-3H3. The van der Waals surface area contributed by atoms with Crippen molar-refractivity contribution in [2.45, 2.75) is 32.5 Å².